The van der Waals surface area contributed by atoms with Gasteiger partial charge < -0.3 is 19.6 Å². The minimum absolute atomic E-state index is 0.0622. The number of fused-ring (bicyclic) bond motifs is 1. The molecule has 2 aromatic heterocycles. The van der Waals surface area contributed by atoms with Gasteiger partial charge in [-0.1, -0.05) is 23.8 Å². The summed E-state index contributed by atoms with van der Waals surface area (Å²) in [6.07, 6.45) is 0.256. The van der Waals surface area contributed by atoms with Gasteiger partial charge in [0.05, 0.1) is 30.7 Å². The van der Waals surface area contributed by atoms with Crippen molar-refractivity contribution in [2.24, 2.45) is 0 Å². The number of aliphatic hydroxyl groups is 1. The number of methoxy groups -OCH3 is 1. The maximum absolute atomic E-state index is 13.1. The minimum atomic E-state index is -0.622. The first-order chi connectivity index (χ1) is 15.8. The van der Waals surface area contributed by atoms with E-state index >= 15 is 0 Å². The third kappa shape index (κ3) is 6.94. The molecule has 0 amide bonds. The van der Waals surface area contributed by atoms with Gasteiger partial charge in [-0.25, -0.2) is 4.98 Å². The van der Waals surface area contributed by atoms with Gasteiger partial charge in [-0.3, -0.25) is 9.69 Å². The summed E-state index contributed by atoms with van der Waals surface area (Å²) in [6.45, 7) is 10.5. The summed E-state index contributed by atoms with van der Waals surface area (Å²) in [5.41, 5.74) is 4.18. The van der Waals surface area contributed by atoms with E-state index in [0.29, 0.717) is 37.5 Å². The fourth-order valence-corrected chi connectivity index (χ4v) is 4.87. The van der Waals surface area contributed by atoms with Crippen LogP contribution in [0.2, 0.25) is 0 Å². The fraction of sp³-hybridized carbons (Fsp3) is 0.520. The van der Waals surface area contributed by atoms with Crippen molar-refractivity contribution in [1.29, 1.82) is 0 Å². The number of hydrogen-bond acceptors (Lipinski definition) is 7. The molecular formula is C25H35N3O4S. The van der Waals surface area contributed by atoms with Gasteiger partial charge in [0.1, 0.15) is 10.7 Å². The summed E-state index contributed by atoms with van der Waals surface area (Å²) in [5.74, 6) is 0.593. The summed E-state index contributed by atoms with van der Waals surface area (Å²) in [7, 11) is 1.67. The highest BCUT2D eigenvalue weighted by molar-refractivity contribution is 7.17. The van der Waals surface area contributed by atoms with E-state index in [9.17, 15) is 9.90 Å². The monoisotopic (exact) mass is 473 g/mol. The highest BCUT2D eigenvalue weighted by Gasteiger charge is 2.18. The summed E-state index contributed by atoms with van der Waals surface area (Å²) in [6, 6.07) is 6.26. The number of aliphatic hydroxyl groups excluding tert-OH is 1. The zero-order chi connectivity index (χ0) is 24.0. The molecule has 0 aliphatic carbocycles. The van der Waals surface area contributed by atoms with Crippen molar-refractivity contribution in [1.82, 2.24) is 14.9 Å². The van der Waals surface area contributed by atoms with Crippen LogP contribution in [0, 0.1) is 13.8 Å². The lowest BCUT2D eigenvalue weighted by atomic mass is 9.99. The Morgan fingerprint density at radius 3 is 2.73 bits per heavy atom. The van der Waals surface area contributed by atoms with Crippen LogP contribution >= 0.6 is 11.3 Å². The highest BCUT2D eigenvalue weighted by atomic mass is 32.1. The first-order valence-corrected chi connectivity index (χ1v) is 12.3. The van der Waals surface area contributed by atoms with Crippen molar-refractivity contribution in [3.63, 3.8) is 0 Å². The Hall–Kier alpha value is -2.10. The van der Waals surface area contributed by atoms with Gasteiger partial charge in [0.25, 0.3) is 5.56 Å². The molecule has 0 spiro atoms. The van der Waals surface area contributed by atoms with E-state index in [1.807, 2.05) is 19.2 Å². The molecule has 1 aromatic carbocycles. The standard InChI is InChI=1S/C25H35N3O4S/c1-16(2)32-14-19(29)12-28(9-6-10-31-5)13-22-26-24(30)23-21(15-33-25(23)27-22)20-8-7-17(3)11-18(20)4/h7-8,11,15-16,19,29H,6,9-10,12-14H2,1-5H3,(H,26,27,30). The van der Waals surface area contributed by atoms with Gasteiger partial charge in [-0.05, 0) is 45.2 Å². The first-order valence-electron chi connectivity index (χ1n) is 11.4. The maximum Gasteiger partial charge on any atom is 0.260 e. The molecular weight excluding hydrogens is 438 g/mol. The number of aromatic nitrogens is 2. The van der Waals surface area contributed by atoms with Crippen LogP contribution in [0.15, 0.2) is 28.4 Å². The number of rotatable bonds is 12. The predicted octanol–water partition coefficient (Wildman–Crippen LogP) is 3.89. The molecule has 2 heterocycles. The molecule has 0 bridgehead atoms. The second-order valence-electron chi connectivity index (χ2n) is 8.78. The number of thiophene rings is 1. The number of nitrogens with one attached hydrogen (secondary N) is 1. The number of H-pyrrole nitrogens is 1. The van der Waals surface area contributed by atoms with Crippen LogP contribution in [-0.4, -0.2) is 65.6 Å². The number of aryl methyl sites for hydroxylation is 2. The van der Waals surface area contributed by atoms with Crippen molar-refractivity contribution >= 4 is 21.6 Å². The number of aromatic amines is 1. The molecule has 0 radical (unpaired) electrons. The van der Waals surface area contributed by atoms with E-state index in [2.05, 4.69) is 41.9 Å². The van der Waals surface area contributed by atoms with Gasteiger partial charge in [0.2, 0.25) is 0 Å². The molecule has 180 valence electrons. The highest BCUT2D eigenvalue weighted by Crippen LogP contribution is 2.33. The SMILES string of the molecule is COCCCN(Cc1nc2scc(-c3ccc(C)cc3C)c2c(=O)[nH]1)CC(O)COC(C)C. The Bertz CT molecular complexity index is 1110. The third-order valence-electron chi connectivity index (χ3n) is 5.45. The molecule has 0 saturated carbocycles. The van der Waals surface area contributed by atoms with Crippen LogP contribution in [0.1, 0.15) is 37.2 Å². The van der Waals surface area contributed by atoms with Crippen LogP contribution in [0.3, 0.4) is 0 Å². The van der Waals surface area contributed by atoms with Crippen molar-refractivity contribution in [2.45, 2.75) is 52.9 Å². The molecule has 0 aliphatic rings. The van der Waals surface area contributed by atoms with Crippen molar-refractivity contribution in [3.8, 4) is 11.1 Å². The second kappa shape index (κ2) is 11.9. The number of nitrogens with zero attached hydrogens (tertiary/aromatic N) is 2. The molecule has 33 heavy (non-hydrogen) atoms. The Morgan fingerprint density at radius 1 is 1.24 bits per heavy atom. The van der Waals surface area contributed by atoms with Crippen molar-refractivity contribution < 1.29 is 14.6 Å². The molecule has 1 atom stereocenters. The Labute approximate surface area is 199 Å². The van der Waals surface area contributed by atoms with Crippen LogP contribution < -0.4 is 5.56 Å². The van der Waals surface area contributed by atoms with Crippen LogP contribution in [0.4, 0.5) is 0 Å². The van der Waals surface area contributed by atoms with E-state index in [1.165, 1.54) is 16.9 Å². The van der Waals surface area contributed by atoms with Gasteiger partial charge >= 0.3 is 0 Å². The molecule has 8 heteroatoms. The van der Waals surface area contributed by atoms with E-state index in [1.54, 1.807) is 7.11 Å². The molecule has 0 saturated heterocycles. The number of ether oxygens (including phenoxy) is 2. The molecule has 0 aliphatic heterocycles. The Morgan fingerprint density at radius 2 is 2.03 bits per heavy atom. The second-order valence-corrected chi connectivity index (χ2v) is 9.64. The predicted molar refractivity (Wildman–Crippen MR) is 134 cm³/mol. The van der Waals surface area contributed by atoms with Crippen LogP contribution in [0.5, 0.6) is 0 Å². The van der Waals surface area contributed by atoms with Crippen LogP contribution in [-0.2, 0) is 16.0 Å². The average Bonchev–Trinajstić information content (AvgIpc) is 3.16. The minimum Gasteiger partial charge on any atom is -0.389 e. The lowest BCUT2D eigenvalue weighted by molar-refractivity contribution is -0.0106. The normalized spacial score (nSPS) is 12.8. The number of benzene rings is 1. The fourth-order valence-electron chi connectivity index (χ4n) is 3.92. The van der Waals surface area contributed by atoms with E-state index < -0.39 is 6.10 Å². The van der Waals surface area contributed by atoms with Gasteiger partial charge in [-0.15, -0.1) is 11.3 Å². The zero-order valence-electron chi connectivity index (χ0n) is 20.2. The first kappa shape index (κ1) is 25.5. The largest absolute Gasteiger partial charge is 0.389 e. The topological polar surface area (TPSA) is 87.7 Å². The smallest absolute Gasteiger partial charge is 0.260 e. The van der Waals surface area contributed by atoms with Gasteiger partial charge in [0.15, 0.2) is 0 Å². The van der Waals surface area contributed by atoms with E-state index in [0.717, 1.165) is 27.9 Å². The van der Waals surface area contributed by atoms with Crippen LogP contribution in [0.25, 0.3) is 21.3 Å². The number of hydrogen-bond donors (Lipinski definition) is 2. The van der Waals surface area contributed by atoms with Crippen molar-refractivity contribution in [3.05, 3.63) is 50.9 Å². The Kier molecular flexibility index (Phi) is 9.17. The molecule has 3 aromatic rings. The molecule has 7 nitrogen and oxygen atoms in total. The summed E-state index contributed by atoms with van der Waals surface area (Å²) in [4.78, 5) is 23.6. The molecule has 1 unspecified atom stereocenters. The maximum atomic E-state index is 13.1. The third-order valence-corrected chi connectivity index (χ3v) is 6.32. The van der Waals surface area contributed by atoms with Crippen molar-refractivity contribution in [2.75, 3.05) is 33.4 Å². The average molecular weight is 474 g/mol. The summed E-state index contributed by atoms with van der Waals surface area (Å²) < 4.78 is 10.7. The quantitative estimate of drug-likeness (QED) is 0.388. The van der Waals surface area contributed by atoms with Gasteiger partial charge in [0, 0.05) is 37.7 Å². The van der Waals surface area contributed by atoms with Gasteiger partial charge in [-0.2, -0.15) is 0 Å². The Balaban J connectivity index is 1.83. The summed E-state index contributed by atoms with van der Waals surface area (Å²) in [5, 5.41) is 13.1. The summed E-state index contributed by atoms with van der Waals surface area (Å²) >= 11 is 1.48. The molecule has 3 rings (SSSR count). The zero-order valence-corrected chi connectivity index (χ0v) is 21.0. The molecule has 0 fully saturated rings. The lowest BCUT2D eigenvalue weighted by Gasteiger charge is -2.25. The van der Waals surface area contributed by atoms with E-state index in [4.69, 9.17) is 14.5 Å². The molecule has 2 N–H and O–H groups in total. The van der Waals surface area contributed by atoms with E-state index in [-0.39, 0.29) is 18.3 Å². The lowest BCUT2D eigenvalue weighted by Crippen LogP contribution is -2.37.